The van der Waals surface area contributed by atoms with E-state index in [9.17, 15) is 19.5 Å². The molecule has 2 aromatic carbocycles. The number of benzene rings is 2. The third-order valence-corrected chi connectivity index (χ3v) is 5.04. The summed E-state index contributed by atoms with van der Waals surface area (Å²) in [6.07, 6.45) is -1.07. The van der Waals surface area contributed by atoms with Crippen LogP contribution in [0.2, 0.25) is 0 Å². The summed E-state index contributed by atoms with van der Waals surface area (Å²) in [5.41, 5.74) is 1.42. The maximum absolute atomic E-state index is 13.1. The van der Waals surface area contributed by atoms with E-state index in [2.05, 4.69) is 0 Å². The van der Waals surface area contributed by atoms with Crippen molar-refractivity contribution in [2.24, 2.45) is 0 Å². The molecule has 1 N–H and O–H groups in total. The number of carbonyl (C=O) groups excluding carboxylic acids is 1. The van der Waals surface area contributed by atoms with Gasteiger partial charge >= 0.3 is 5.97 Å². The Morgan fingerprint density at radius 1 is 1.10 bits per heavy atom. The van der Waals surface area contributed by atoms with Gasteiger partial charge < -0.3 is 19.2 Å². The number of amides is 1. The number of hydrogen-bond acceptors (Lipinski definition) is 5. The minimum Gasteiger partial charge on any atom is -0.479 e. The number of ether oxygens (including phenoxy) is 1. The van der Waals surface area contributed by atoms with Gasteiger partial charge in [-0.2, -0.15) is 0 Å². The van der Waals surface area contributed by atoms with Crippen molar-refractivity contribution in [1.29, 1.82) is 0 Å². The highest BCUT2D eigenvalue weighted by Gasteiger charge is 2.31. The van der Waals surface area contributed by atoms with Crippen LogP contribution in [-0.2, 0) is 9.53 Å². The van der Waals surface area contributed by atoms with E-state index in [1.54, 1.807) is 25.1 Å². The second kappa shape index (κ2) is 7.52. The molecule has 4 rings (SSSR count). The summed E-state index contributed by atoms with van der Waals surface area (Å²) < 4.78 is 11.3. The number of morpholine rings is 1. The van der Waals surface area contributed by atoms with Gasteiger partial charge in [0, 0.05) is 17.7 Å². The standard InChI is InChI=1S/C22H19NO6/c1-13-18(24)15-8-5-9-16(20(15)29-19(13)14-6-3-2-4-7-14)21(25)23-10-11-28-17(12-23)22(26)27/h2-9,17H,10-12H2,1H3,(H,26,27)/t17-/m0/s1. The molecule has 0 aliphatic carbocycles. The molecule has 7 heteroatoms. The number of nitrogens with zero attached hydrogens (tertiary/aromatic N) is 1. The van der Waals surface area contributed by atoms with Crippen molar-refractivity contribution in [3.05, 3.63) is 69.9 Å². The van der Waals surface area contributed by atoms with Gasteiger partial charge in [0.2, 0.25) is 0 Å². The number of carbonyl (C=O) groups is 2. The topological polar surface area (TPSA) is 97.1 Å². The fourth-order valence-corrected chi connectivity index (χ4v) is 3.50. The highest BCUT2D eigenvalue weighted by molar-refractivity contribution is 6.05. The molecule has 0 bridgehead atoms. The van der Waals surface area contributed by atoms with Gasteiger partial charge in [0.1, 0.15) is 5.76 Å². The zero-order valence-corrected chi connectivity index (χ0v) is 15.8. The second-order valence-corrected chi connectivity index (χ2v) is 6.88. The lowest BCUT2D eigenvalue weighted by Gasteiger charge is -2.31. The van der Waals surface area contributed by atoms with Crippen molar-refractivity contribution in [2.75, 3.05) is 19.7 Å². The Morgan fingerprint density at radius 3 is 2.59 bits per heavy atom. The van der Waals surface area contributed by atoms with Crippen molar-refractivity contribution in [3.8, 4) is 11.3 Å². The van der Waals surface area contributed by atoms with E-state index in [0.717, 1.165) is 5.56 Å². The van der Waals surface area contributed by atoms with Crippen molar-refractivity contribution in [1.82, 2.24) is 4.90 Å². The molecule has 148 valence electrons. The fourth-order valence-electron chi connectivity index (χ4n) is 3.50. The summed E-state index contributed by atoms with van der Waals surface area (Å²) in [4.78, 5) is 38.7. The Bertz CT molecular complexity index is 1150. The SMILES string of the molecule is Cc1c(-c2ccccc2)oc2c(C(=O)N3CCO[C@H](C(=O)O)C3)cccc2c1=O. The van der Waals surface area contributed by atoms with Crippen molar-refractivity contribution >= 4 is 22.8 Å². The lowest BCUT2D eigenvalue weighted by Crippen LogP contribution is -2.48. The molecule has 1 atom stereocenters. The molecular formula is C22H19NO6. The molecule has 0 saturated carbocycles. The monoisotopic (exact) mass is 393 g/mol. The van der Waals surface area contributed by atoms with Crippen LogP contribution in [0.15, 0.2) is 57.7 Å². The zero-order chi connectivity index (χ0) is 20.5. The van der Waals surface area contributed by atoms with E-state index in [-0.39, 0.29) is 36.3 Å². The highest BCUT2D eigenvalue weighted by atomic mass is 16.5. The average molecular weight is 393 g/mol. The number of para-hydroxylation sites is 1. The fraction of sp³-hybridized carbons (Fsp3) is 0.227. The van der Waals surface area contributed by atoms with E-state index < -0.39 is 18.0 Å². The third-order valence-electron chi connectivity index (χ3n) is 5.04. The van der Waals surface area contributed by atoms with Gasteiger partial charge in [-0.3, -0.25) is 9.59 Å². The van der Waals surface area contributed by atoms with Crippen LogP contribution in [-0.4, -0.2) is 47.7 Å². The molecule has 0 unspecified atom stereocenters. The van der Waals surface area contributed by atoms with Crippen LogP contribution in [0.25, 0.3) is 22.3 Å². The number of carboxylic acids is 1. The Kier molecular flexibility index (Phi) is 4.90. The molecule has 0 spiro atoms. The largest absolute Gasteiger partial charge is 0.479 e. The Morgan fingerprint density at radius 2 is 1.86 bits per heavy atom. The van der Waals surface area contributed by atoms with Crippen LogP contribution in [0.5, 0.6) is 0 Å². The number of carboxylic acid groups (broad SMARTS) is 1. The summed E-state index contributed by atoms with van der Waals surface area (Å²) in [6, 6.07) is 14.1. The highest BCUT2D eigenvalue weighted by Crippen LogP contribution is 2.28. The summed E-state index contributed by atoms with van der Waals surface area (Å²) in [5.74, 6) is -1.10. The average Bonchev–Trinajstić information content (AvgIpc) is 2.76. The van der Waals surface area contributed by atoms with Crippen LogP contribution in [0, 0.1) is 6.92 Å². The van der Waals surface area contributed by atoms with Crippen molar-refractivity contribution in [3.63, 3.8) is 0 Å². The first-order chi connectivity index (χ1) is 14.0. The van der Waals surface area contributed by atoms with Gasteiger partial charge in [-0.1, -0.05) is 36.4 Å². The number of aliphatic carboxylic acids is 1. The van der Waals surface area contributed by atoms with E-state index in [0.29, 0.717) is 16.7 Å². The van der Waals surface area contributed by atoms with Gasteiger partial charge in [0.25, 0.3) is 5.91 Å². The molecule has 29 heavy (non-hydrogen) atoms. The maximum atomic E-state index is 13.1. The summed E-state index contributed by atoms with van der Waals surface area (Å²) in [7, 11) is 0. The predicted molar refractivity (Wildman–Crippen MR) is 106 cm³/mol. The first-order valence-electron chi connectivity index (χ1n) is 9.23. The van der Waals surface area contributed by atoms with E-state index >= 15 is 0 Å². The second-order valence-electron chi connectivity index (χ2n) is 6.88. The van der Waals surface area contributed by atoms with Crippen LogP contribution in [0.1, 0.15) is 15.9 Å². The molecule has 1 aliphatic heterocycles. The quantitative estimate of drug-likeness (QED) is 0.735. The van der Waals surface area contributed by atoms with E-state index in [1.165, 1.54) is 4.90 Å². The third kappa shape index (κ3) is 3.40. The molecular weight excluding hydrogens is 374 g/mol. The zero-order valence-electron chi connectivity index (χ0n) is 15.8. The van der Waals surface area contributed by atoms with Crippen molar-refractivity contribution in [2.45, 2.75) is 13.0 Å². The molecule has 2 heterocycles. The molecule has 1 fully saturated rings. The van der Waals surface area contributed by atoms with E-state index in [1.807, 2.05) is 30.3 Å². The lowest BCUT2D eigenvalue weighted by molar-refractivity contribution is -0.154. The summed E-state index contributed by atoms with van der Waals surface area (Å²) >= 11 is 0. The lowest BCUT2D eigenvalue weighted by atomic mass is 10.0. The maximum Gasteiger partial charge on any atom is 0.334 e. The molecule has 0 radical (unpaired) electrons. The van der Waals surface area contributed by atoms with Gasteiger partial charge in [-0.05, 0) is 19.1 Å². The predicted octanol–water partition coefficient (Wildman–Crippen LogP) is 2.69. The molecule has 1 amide bonds. The van der Waals surface area contributed by atoms with Gasteiger partial charge in [0.15, 0.2) is 17.1 Å². The van der Waals surface area contributed by atoms with Crippen LogP contribution >= 0.6 is 0 Å². The van der Waals surface area contributed by atoms with Gasteiger partial charge in [-0.25, -0.2) is 4.79 Å². The molecule has 3 aromatic rings. The molecule has 1 saturated heterocycles. The molecule has 1 aromatic heterocycles. The minimum absolute atomic E-state index is 0.0633. The Hall–Kier alpha value is -3.45. The van der Waals surface area contributed by atoms with Crippen LogP contribution in [0.3, 0.4) is 0 Å². The normalized spacial score (nSPS) is 16.7. The number of fused-ring (bicyclic) bond motifs is 1. The smallest absolute Gasteiger partial charge is 0.334 e. The number of hydrogen-bond donors (Lipinski definition) is 1. The van der Waals surface area contributed by atoms with Crippen molar-refractivity contribution < 1.29 is 23.8 Å². The Labute approximate surface area is 166 Å². The van der Waals surface area contributed by atoms with Gasteiger partial charge in [0.05, 0.1) is 24.1 Å². The Balaban J connectivity index is 1.83. The molecule has 1 aliphatic rings. The minimum atomic E-state index is -1.12. The van der Waals surface area contributed by atoms with Gasteiger partial charge in [-0.15, -0.1) is 0 Å². The first-order valence-corrected chi connectivity index (χ1v) is 9.23. The molecule has 7 nitrogen and oxygen atoms in total. The summed E-state index contributed by atoms with van der Waals surface area (Å²) in [5, 5.41) is 9.50. The van der Waals surface area contributed by atoms with Crippen LogP contribution < -0.4 is 5.43 Å². The van der Waals surface area contributed by atoms with E-state index in [4.69, 9.17) is 9.15 Å². The summed E-state index contributed by atoms with van der Waals surface area (Å²) in [6.45, 7) is 2.03. The number of rotatable bonds is 3. The first kappa shape index (κ1) is 18.9. The van der Waals surface area contributed by atoms with Crippen LogP contribution in [0.4, 0.5) is 0 Å².